The van der Waals surface area contributed by atoms with Gasteiger partial charge >= 0.3 is 19.8 Å². The molecular formula is C72H127NO8P+. The van der Waals surface area contributed by atoms with Gasteiger partial charge in [0, 0.05) is 12.8 Å². The number of unbranched alkanes of at least 4 members (excludes halogenated alkanes) is 29. The van der Waals surface area contributed by atoms with Gasteiger partial charge in [-0.1, -0.05) is 284 Å². The highest BCUT2D eigenvalue weighted by Gasteiger charge is 2.27. The number of quaternary nitrogens is 1. The molecule has 0 rings (SSSR count). The van der Waals surface area contributed by atoms with Gasteiger partial charge in [-0.05, 0) is 96.3 Å². The van der Waals surface area contributed by atoms with E-state index in [2.05, 4.69) is 123 Å². The molecule has 0 aliphatic carbocycles. The van der Waals surface area contributed by atoms with Crippen molar-refractivity contribution in [2.24, 2.45) is 0 Å². The van der Waals surface area contributed by atoms with Gasteiger partial charge in [0.05, 0.1) is 27.7 Å². The Morgan fingerprint density at radius 3 is 0.976 bits per heavy atom. The van der Waals surface area contributed by atoms with E-state index in [1.807, 2.05) is 21.1 Å². The molecule has 0 bridgehead atoms. The van der Waals surface area contributed by atoms with Crippen LogP contribution in [0.1, 0.15) is 284 Å². The van der Waals surface area contributed by atoms with Crippen molar-refractivity contribution in [1.29, 1.82) is 0 Å². The van der Waals surface area contributed by atoms with Crippen LogP contribution in [0.5, 0.6) is 0 Å². The minimum absolute atomic E-state index is 0.0281. The van der Waals surface area contributed by atoms with Gasteiger partial charge in [-0.15, -0.1) is 0 Å². The molecule has 0 heterocycles. The Morgan fingerprint density at radius 2 is 0.659 bits per heavy atom. The summed E-state index contributed by atoms with van der Waals surface area (Å²) in [6.07, 6.45) is 87.5. The number of carbonyl (C=O) groups is 2. The van der Waals surface area contributed by atoms with E-state index in [0.29, 0.717) is 17.4 Å². The molecule has 9 nitrogen and oxygen atoms in total. The van der Waals surface area contributed by atoms with Crippen molar-refractivity contribution in [3.63, 3.8) is 0 Å². The zero-order chi connectivity index (χ0) is 59.8. The van der Waals surface area contributed by atoms with Gasteiger partial charge in [-0.3, -0.25) is 18.6 Å². The number of allylic oxidation sites excluding steroid dienone is 18. The fraction of sp³-hybridized carbons (Fsp3) is 0.722. The molecule has 0 amide bonds. The first-order valence-corrected chi connectivity index (χ1v) is 35.1. The van der Waals surface area contributed by atoms with Crippen LogP contribution in [0.4, 0.5) is 0 Å². The summed E-state index contributed by atoms with van der Waals surface area (Å²) in [7, 11) is 1.47. The highest BCUT2D eigenvalue weighted by molar-refractivity contribution is 7.47. The van der Waals surface area contributed by atoms with Gasteiger partial charge < -0.3 is 18.9 Å². The molecule has 472 valence electrons. The SMILES string of the molecule is CC/C=C\C/C=C\C/C=C\C/C=C\C/C=C\CCCCCCCCCCCCCCCCCCCCCC(=O)OC(COC(=O)CCCCCCCCCCCC/C=C\C/C=C\C/C=C\C/C=C\CC)COP(=O)(O)OCC[N+](C)(C)C. The molecule has 0 aromatic carbocycles. The third-order valence-electron chi connectivity index (χ3n) is 14.3. The van der Waals surface area contributed by atoms with Crippen molar-refractivity contribution in [2.45, 2.75) is 290 Å². The Balaban J connectivity index is 4.04. The minimum atomic E-state index is -4.40. The van der Waals surface area contributed by atoms with Crippen LogP contribution in [0.25, 0.3) is 0 Å². The Bertz CT molecular complexity index is 1750. The third kappa shape index (κ3) is 65.8. The number of carbonyl (C=O) groups excluding carboxylic acids is 2. The molecule has 10 heteroatoms. The average molecular weight is 1170 g/mol. The Morgan fingerprint density at radius 1 is 0.378 bits per heavy atom. The normalized spacial score (nSPS) is 13.9. The van der Waals surface area contributed by atoms with Gasteiger partial charge in [0.2, 0.25) is 0 Å². The molecular weight excluding hydrogens is 1040 g/mol. The van der Waals surface area contributed by atoms with E-state index in [1.54, 1.807) is 0 Å². The number of phosphoric ester groups is 1. The van der Waals surface area contributed by atoms with Gasteiger partial charge in [-0.25, -0.2) is 4.57 Å². The Labute approximate surface area is 506 Å². The maximum atomic E-state index is 12.9. The summed E-state index contributed by atoms with van der Waals surface area (Å²) >= 11 is 0. The largest absolute Gasteiger partial charge is 0.472 e. The lowest BCUT2D eigenvalue weighted by atomic mass is 10.0. The lowest BCUT2D eigenvalue weighted by Gasteiger charge is -2.24. The van der Waals surface area contributed by atoms with Crippen LogP contribution in [0.15, 0.2) is 109 Å². The van der Waals surface area contributed by atoms with Crippen LogP contribution in [0.3, 0.4) is 0 Å². The number of likely N-dealkylation sites (N-methyl/N-ethyl adjacent to an activating group) is 1. The second kappa shape index (κ2) is 62.2. The molecule has 2 unspecified atom stereocenters. The van der Waals surface area contributed by atoms with Crippen molar-refractivity contribution in [1.82, 2.24) is 0 Å². The highest BCUT2D eigenvalue weighted by Crippen LogP contribution is 2.43. The van der Waals surface area contributed by atoms with E-state index < -0.39 is 26.5 Å². The molecule has 0 aromatic heterocycles. The van der Waals surface area contributed by atoms with Gasteiger partial charge in [-0.2, -0.15) is 0 Å². The number of esters is 2. The second-order valence-corrected chi connectivity index (χ2v) is 24.9. The quantitative estimate of drug-likeness (QED) is 0.0211. The number of hydrogen-bond acceptors (Lipinski definition) is 7. The zero-order valence-electron chi connectivity index (χ0n) is 53.7. The molecule has 0 radical (unpaired) electrons. The van der Waals surface area contributed by atoms with Crippen molar-refractivity contribution in [3.8, 4) is 0 Å². The number of hydrogen-bond donors (Lipinski definition) is 1. The average Bonchev–Trinajstić information content (AvgIpc) is 3.45. The van der Waals surface area contributed by atoms with E-state index in [-0.39, 0.29) is 32.0 Å². The van der Waals surface area contributed by atoms with Crippen molar-refractivity contribution in [3.05, 3.63) is 109 Å². The standard InChI is InChI=1S/C72H126NO8P/c1-6-8-10-12-14-16-18-20-22-24-26-28-30-31-32-33-34-35-36-37-38-39-40-41-43-45-47-49-51-53-55-57-59-61-63-65-72(75)81-70(69-80-82(76,77)79-67-66-73(3,4)5)68-78-71(74)64-62-60-58-56-54-52-50-48-46-44-42-29-27-25-23-21-19-17-15-13-11-9-7-2/h8-11,14-17,20-23,26-29,31-32,70H,6-7,12-13,18-19,24-25,30,33-69H2,1-5H3/p+1/b10-8-,11-9-,16-14-,17-15-,22-20-,23-21-,28-26-,29-27-,32-31-. The van der Waals surface area contributed by atoms with Crippen molar-refractivity contribution < 1.29 is 42.1 Å². The first-order valence-electron chi connectivity index (χ1n) is 33.6. The fourth-order valence-corrected chi connectivity index (χ4v) is 9.95. The van der Waals surface area contributed by atoms with Crippen LogP contribution in [0.2, 0.25) is 0 Å². The topological polar surface area (TPSA) is 108 Å². The maximum Gasteiger partial charge on any atom is 0.472 e. The molecule has 0 saturated heterocycles. The monoisotopic (exact) mass is 1160 g/mol. The lowest BCUT2D eigenvalue weighted by Crippen LogP contribution is -2.37. The van der Waals surface area contributed by atoms with Gasteiger partial charge in [0.1, 0.15) is 19.8 Å². The second-order valence-electron chi connectivity index (χ2n) is 23.4. The van der Waals surface area contributed by atoms with Crippen LogP contribution >= 0.6 is 7.82 Å². The first-order chi connectivity index (χ1) is 40.0. The predicted octanol–water partition coefficient (Wildman–Crippen LogP) is 21.7. The molecule has 0 fully saturated rings. The summed E-state index contributed by atoms with van der Waals surface area (Å²) in [6.45, 7) is 4.22. The summed E-state index contributed by atoms with van der Waals surface area (Å²) in [6, 6.07) is 0. The first kappa shape index (κ1) is 78.7. The summed E-state index contributed by atoms with van der Waals surface area (Å²) in [5.41, 5.74) is 0. The number of rotatable bonds is 61. The molecule has 0 spiro atoms. The molecule has 0 aliphatic heterocycles. The summed E-state index contributed by atoms with van der Waals surface area (Å²) in [5, 5.41) is 0. The fourth-order valence-electron chi connectivity index (χ4n) is 9.21. The molecule has 0 aliphatic rings. The van der Waals surface area contributed by atoms with Crippen molar-refractivity contribution >= 4 is 19.8 Å². The molecule has 0 saturated carbocycles. The Hall–Kier alpha value is -3.33. The molecule has 1 N–H and O–H groups in total. The summed E-state index contributed by atoms with van der Waals surface area (Å²) < 4.78 is 34.7. The Kier molecular flexibility index (Phi) is 59.7. The predicted molar refractivity (Wildman–Crippen MR) is 353 cm³/mol. The summed E-state index contributed by atoms with van der Waals surface area (Å²) in [5.74, 6) is -0.797. The van der Waals surface area contributed by atoms with Crippen molar-refractivity contribution in [2.75, 3.05) is 47.5 Å². The third-order valence-corrected chi connectivity index (χ3v) is 15.3. The van der Waals surface area contributed by atoms with Gasteiger partial charge in [0.25, 0.3) is 0 Å². The van der Waals surface area contributed by atoms with Gasteiger partial charge in [0.15, 0.2) is 6.10 Å². The number of phosphoric acid groups is 1. The van der Waals surface area contributed by atoms with Crippen LogP contribution in [-0.2, 0) is 32.7 Å². The summed E-state index contributed by atoms with van der Waals surface area (Å²) in [4.78, 5) is 35.8. The molecule has 0 aromatic rings. The van der Waals surface area contributed by atoms with E-state index in [0.717, 1.165) is 96.3 Å². The van der Waals surface area contributed by atoms with E-state index in [9.17, 15) is 19.0 Å². The van der Waals surface area contributed by atoms with Crippen LogP contribution in [0, 0.1) is 0 Å². The molecule has 82 heavy (non-hydrogen) atoms. The number of ether oxygens (including phenoxy) is 2. The zero-order valence-corrected chi connectivity index (χ0v) is 54.6. The minimum Gasteiger partial charge on any atom is -0.462 e. The molecule has 2 atom stereocenters. The van der Waals surface area contributed by atoms with E-state index in [1.165, 1.54) is 154 Å². The smallest absolute Gasteiger partial charge is 0.462 e. The lowest BCUT2D eigenvalue weighted by molar-refractivity contribution is -0.870. The highest BCUT2D eigenvalue weighted by atomic mass is 31.2. The number of nitrogens with zero attached hydrogens (tertiary/aromatic N) is 1. The van der Waals surface area contributed by atoms with Crippen LogP contribution in [-0.4, -0.2) is 74.9 Å². The maximum absolute atomic E-state index is 12.9. The van der Waals surface area contributed by atoms with E-state index in [4.69, 9.17) is 18.5 Å². The van der Waals surface area contributed by atoms with E-state index >= 15 is 0 Å². The van der Waals surface area contributed by atoms with Crippen LogP contribution < -0.4 is 0 Å².